The highest BCUT2D eigenvalue weighted by Crippen LogP contribution is 2.33. The quantitative estimate of drug-likeness (QED) is 0.574. The van der Waals surface area contributed by atoms with Gasteiger partial charge in [-0.05, 0) is 18.2 Å². The summed E-state index contributed by atoms with van der Waals surface area (Å²) in [5, 5.41) is 20.2. The van der Waals surface area contributed by atoms with E-state index in [2.05, 4.69) is 9.97 Å². The van der Waals surface area contributed by atoms with E-state index in [-0.39, 0.29) is 41.5 Å². The van der Waals surface area contributed by atoms with E-state index in [0.29, 0.717) is 36.5 Å². The maximum absolute atomic E-state index is 13.7. The molecule has 0 spiro atoms. The van der Waals surface area contributed by atoms with Crippen LogP contribution < -0.4 is 0 Å². The molecule has 2 aliphatic rings. The van der Waals surface area contributed by atoms with Crippen LogP contribution in [0.15, 0.2) is 42.6 Å². The number of carbonyl (C=O) groups excluding carboxylic acids is 1. The van der Waals surface area contributed by atoms with Gasteiger partial charge in [0.2, 0.25) is 11.6 Å². The molecule has 8 nitrogen and oxygen atoms in total. The number of H-pyrrole nitrogens is 1. The van der Waals surface area contributed by atoms with Crippen LogP contribution in [-0.4, -0.2) is 69.6 Å². The summed E-state index contributed by atoms with van der Waals surface area (Å²) in [4.78, 5) is 23.8. The van der Waals surface area contributed by atoms with Crippen LogP contribution in [0.5, 0.6) is 0 Å². The van der Waals surface area contributed by atoms with Gasteiger partial charge in [-0.3, -0.25) is 9.69 Å². The SMILES string of the molecule is N#Cc1ncc(-c2cccc(C(=O)N3CCN4CC(O)(c5ccc(F)c(F)c5)OC[C@@H]4C3)c2Cl)[nH]1. The number of benzene rings is 2. The molecular weight excluding hydrogens is 480 g/mol. The molecule has 1 unspecified atom stereocenters. The molecule has 2 aromatic carbocycles. The van der Waals surface area contributed by atoms with Crippen LogP contribution in [-0.2, 0) is 10.5 Å². The molecule has 3 aromatic rings. The average molecular weight is 500 g/mol. The number of nitriles is 1. The first-order valence-electron chi connectivity index (χ1n) is 10.9. The summed E-state index contributed by atoms with van der Waals surface area (Å²) < 4.78 is 32.7. The second kappa shape index (κ2) is 9.02. The first-order valence-corrected chi connectivity index (χ1v) is 11.3. The standard InChI is InChI=1S/C24H20ClF2N5O3/c25-22-16(20-10-29-21(9-28)30-20)2-1-3-17(22)23(33)31-6-7-32-13-24(34,35-12-15(32)11-31)14-4-5-18(26)19(27)8-14/h1-5,8,10,15,34H,6-7,11-13H2,(H,29,30)/t15-,24?/m0/s1. The van der Waals surface area contributed by atoms with Crippen LogP contribution in [0.1, 0.15) is 21.7 Å². The smallest absolute Gasteiger partial charge is 0.255 e. The van der Waals surface area contributed by atoms with Crippen molar-refractivity contribution in [3.05, 3.63) is 76.2 Å². The summed E-state index contributed by atoms with van der Waals surface area (Å²) in [5.41, 5.74) is 1.54. The molecule has 2 aliphatic heterocycles. The number of aromatic amines is 1. The third kappa shape index (κ3) is 4.28. The largest absolute Gasteiger partial charge is 0.361 e. The lowest BCUT2D eigenvalue weighted by Crippen LogP contribution is -2.63. The molecule has 3 heterocycles. The number of nitrogens with one attached hydrogen (secondary N) is 1. The Morgan fingerprint density at radius 2 is 2.11 bits per heavy atom. The summed E-state index contributed by atoms with van der Waals surface area (Å²) in [7, 11) is 0. The Morgan fingerprint density at radius 1 is 1.29 bits per heavy atom. The number of morpholine rings is 1. The molecule has 0 bridgehead atoms. The summed E-state index contributed by atoms with van der Waals surface area (Å²) in [6, 6.07) is 10.0. The van der Waals surface area contributed by atoms with E-state index < -0.39 is 17.4 Å². The Labute approximate surface area is 204 Å². The number of rotatable bonds is 3. The second-order valence-corrected chi connectivity index (χ2v) is 8.90. The Kier molecular flexibility index (Phi) is 6.02. The minimum absolute atomic E-state index is 0.0576. The zero-order valence-corrected chi connectivity index (χ0v) is 19.1. The summed E-state index contributed by atoms with van der Waals surface area (Å²) >= 11 is 6.57. The molecule has 0 saturated carbocycles. The Balaban J connectivity index is 1.31. The highest BCUT2D eigenvalue weighted by Gasteiger charge is 2.43. The third-order valence-electron chi connectivity index (χ3n) is 6.40. The molecule has 2 atom stereocenters. The van der Waals surface area contributed by atoms with Crippen molar-refractivity contribution in [1.82, 2.24) is 19.8 Å². The molecule has 5 rings (SSSR count). The molecule has 1 amide bonds. The van der Waals surface area contributed by atoms with Gasteiger partial charge in [0.05, 0.1) is 41.7 Å². The molecular formula is C24H20ClF2N5O3. The minimum Gasteiger partial charge on any atom is -0.361 e. The van der Waals surface area contributed by atoms with Crippen molar-refractivity contribution in [3.63, 3.8) is 0 Å². The van der Waals surface area contributed by atoms with Gasteiger partial charge >= 0.3 is 0 Å². The maximum atomic E-state index is 13.7. The van der Waals surface area contributed by atoms with E-state index in [1.54, 1.807) is 23.1 Å². The van der Waals surface area contributed by atoms with Gasteiger partial charge in [0.1, 0.15) is 6.07 Å². The van der Waals surface area contributed by atoms with E-state index in [4.69, 9.17) is 21.6 Å². The minimum atomic E-state index is -1.78. The van der Waals surface area contributed by atoms with Gasteiger partial charge in [0, 0.05) is 30.8 Å². The number of fused-ring (bicyclic) bond motifs is 1. The normalized spacial score (nSPS) is 22.5. The van der Waals surface area contributed by atoms with E-state index >= 15 is 0 Å². The van der Waals surface area contributed by atoms with Gasteiger partial charge < -0.3 is 19.7 Å². The monoisotopic (exact) mass is 499 g/mol. The van der Waals surface area contributed by atoms with E-state index in [0.717, 1.165) is 12.1 Å². The number of carbonyl (C=O) groups is 1. The van der Waals surface area contributed by atoms with Gasteiger partial charge in [0.25, 0.3) is 5.91 Å². The number of piperazine rings is 1. The van der Waals surface area contributed by atoms with Crippen molar-refractivity contribution < 1.29 is 23.4 Å². The first kappa shape index (κ1) is 23.4. The van der Waals surface area contributed by atoms with Crippen molar-refractivity contribution in [2.45, 2.75) is 11.8 Å². The molecule has 2 N–H and O–H groups in total. The molecule has 1 aromatic heterocycles. The first-order chi connectivity index (χ1) is 16.8. The average Bonchev–Trinajstić information content (AvgIpc) is 3.34. The van der Waals surface area contributed by atoms with Gasteiger partial charge in [-0.2, -0.15) is 5.26 Å². The molecule has 11 heteroatoms. The van der Waals surface area contributed by atoms with Crippen LogP contribution in [0.3, 0.4) is 0 Å². The molecule has 0 aliphatic carbocycles. The fourth-order valence-electron chi connectivity index (χ4n) is 4.50. The van der Waals surface area contributed by atoms with Crippen molar-refractivity contribution in [1.29, 1.82) is 5.26 Å². The van der Waals surface area contributed by atoms with Crippen LogP contribution in [0.2, 0.25) is 5.02 Å². The Bertz CT molecular complexity index is 1340. The zero-order chi connectivity index (χ0) is 24.7. The third-order valence-corrected chi connectivity index (χ3v) is 6.80. The lowest BCUT2D eigenvalue weighted by Gasteiger charge is -2.48. The highest BCUT2D eigenvalue weighted by molar-refractivity contribution is 6.36. The van der Waals surface area contributed by atoms with Crippen LogP contribution in [0.25, 0.3) is 11.3 Å². The number of ether oxygens (including phenoxy) is 1. The number of aliphatic hydroxyl groups is 1. The lowest BCUT2D eigenvalue weighted by molar-refractivity contribution is -0.265. The van der Waals surface area contributed by atoms with Gasteiger partial charge in [-0.25, -0.2) is 13.8 Å². The van der Waals surface area contributed by atoms with Crippen LogP contribution in [0.4, 0.5) is 8.78 Å². The Hall–Kier alpha value is -3.36. The van der Waals surface area contributed by atoms with E-state index in [1.807, 2.05) is 11.0 Å². The number of amides is 1. The van der Waals surface area contributed by atoms with E-state index in [1.165, 1.54) is 12.3 Å². The maximum Gasteiger partial charge on any atom is 0.255 e. The second-order valence-electron chi connectivity index (χ2n) is 8.52. The molecule has 35 heavy (non-hydrogen) atoms. The molecule has 0 radical (unpaired) electrons. The number of hydrogen-bond donors (Lipinski definition) is 2. The van der Waals surface area contributed by atoms with E-state index in [9.17, 15) is 18.7 Å². The van der Waals surface area contributed by atoms with Crippen molar-refractivity contribution in [2.24, 2.45) is 0 Å². The summed E-state index contributed by atoms with van der Waals surface area (Å²) in [5.74, 6) is -3.95. The lowest BCUT2D eigenvalue weighted by atomic mass is 10.00. The van der Waals surface area contributed by atoms with Gasteiger partial charge in [-0.1, -0.05) is 29.8 Å². The predicted molar refractivity (Wildman–Crippen MR) is 121 cm³/mol. The number of nitrogens with zero attached hydrogens (tertiary/aromatic N) is 4. The van der Waals surface area contributed by atoms with Crippen LogP contribution in [0, 0.1) is 23.0 Å². The molecule has 2 fully saturated rings. The van der Waals surface area contributed by atoms with Gasteiger partial charge in [-0.15, -0.1) is 0 Å². The number of halogens is 3. The fraction of sp³-hybridized carbons (Fsp3) is 0.292. The van der Waals surface area contributed by atoms with Crippen molar-refractivity contribution >= 4 is 17.5 Å². The fourth-order valence-corrected chi connectivity index (χ4v) is 4.81. The predicted octanol–water partition coefficient (Wildman–Crippen LogP) is 2.88. The zero-order valence-electron chi connectivity index (χ0n) is 18.3. The van der Waals surface area contributed by atoms with Crippen molar-refractivity contribution in [3.8, 4) is 17.3 Å². The topological polar surface area (TPSA) is 105 Å². The highest BCUT2D eigenvalue weighted by atomic mass is 35.5. The number of hydrogen-bond acceptors (Lipinski definition) is 6. The molecule has 180 valence electrons. The number of imidazole rings is 1. The van der Waals surface area contributed by atoms with Crippen LogP contribution >= 0.6 is 11.6 Å². The number of aromatic nitrogens is 2. The van der Waals surface area contributed by atoms with Crippen molar-refractivity contribution in [2.75, 3.05) is 32.8 Å². The van der Waals surface area contributed by atoms with Gasteiger partial charge in [0.15, 0.2) is 11.6 Å². The Morgan fingerprint density at radius 3 is 2.86 bits per heavy atom. The summed E-state index contributed by atoms with van der Waals surface area (Å²) in [6.45, 7) is 1.33. The summed E-state index contributed by atoms with van der Waals surface area (Å²) in [6.07, 6.45) is 1.49. The molecule has 2 saturated heterocycles.